The molecule has 4 aromatic rings. The molecule has 272 valence electrons. The molecule has 50 heavy (non-hydrogen) atoms. The van der Waals surface area contributed by atoms with Crippen LogP contribution in [-0.4, -0.2) is 105 Å². The maximum absolute atomic E-state index is 10.6. The summed E-state index contributed by atoms with van der Waals surface area (Å²) in [6.07, 6.45) is -9.87. The van der Waals surface area contributed by atoms with E-state index in [0.717, 1.165) is 65.5 Å². The zero-order valence-electron chi connectivity index (χ0n) is 25.2. The molecule has 0 spiro atoms. The molecule has 22 heteroatoms. The molecular formula is C28H25F9N6O7. The first-order valence-corrected chi connectivity index (χ1v) is 13.4. The number of halogens is 9. The minimum Gasteiger partial charge on any atom is -0.495 e. The van der Waals surface area contributed by atoms with Crippen molar-refractivity contribution < 1.29 is 74.0 Å². The quantitative estimate of drug-likeness (QED) is 0.201. The minimum absolute atomic E-state index is 0.889. The third kappa shape index (κ3) is 12.0. The number of aromatic nitrogens is 4. The molecule has 3 heterocycles. The number of hydrogen-bond donors (Lipinski definition) is 4. The topological polar surface area (TPSA) is 182 Å². The lowest BCUT2D eigenvalue weighted by molar-refractivity contribution is -0.193. The lowest BCUT2D eigenvalue weighted by Gasteiger charge is -2.37. The molecule has 1 fully saturated rings. The summed E-state index contributed by atoms with van der Waals surface area (Å²) < 4.78 is 101. The molecular weight excluding hydrogens is 703 g/mol. The number of para-hydroxylation sites is 2. The fourth-order valence-corrected chi connectivity index (χ4v) is 3.93. The Morgan fingerprint density at radius 3 is 1.70 bits per heavy atom. The van der Waals surface area contributed by atoms with Gasteiger partial charge in [-0.15, -0.1) is 0 Å². The van der Waals surface area contributed by atoms with E-state index in [-0.39, 0.29) is 0 Å². The Hall–Kier alpha value is -5.83. The van der Waals surface area contributed by atoms with Gasteiger partial charge in [0.05, 0.1) is 24.5 Å². The zero-order chi connectivity index (χ0) is 37.9. The molecule has 1 aliphatic heterocycles. The summed E-state index contributed by atoms with van der Waals surface area (Å²) in [5, 5.41) is 29.4. The second-order valence-corrected chi connectivity index (χ2v) is 9.47. The van der Waals surface area contributed by atoms with Gasteiger partial charge in [0.25, 0.3) is 0 Å². The molecule has 2 aromatic heterocycles. The van der Waals surface area contributed by atoms with E-state index in [1.165, 1.54) is 0 Å². The number of aromatic amines is 1. The number of benzene rings is 2. The third-order valence-corrected chi connectivity index (χ3v) is 6.18. The lowest BCUT2D eigenvalue weighted by Crippen LogP contribution is -2.47. The maximum atomic E-state index is 10.6. The number of hydrogen-bond acceptors (Lipinski definition) is 9. The normalized spacial score (nSPS) is 13.1. The number of rotatable bonds is 4. The number of fused-ring (bicyclic) bond motifs is 1. The van der Waals surface area contributed by atoms with E-state index >= 15 is 0 Å². The van der Waals surface area contributed by atoms with Gasteiger partial charge < -0.3 is 29.9 Å². The van der Waals surface area contributed by atoms with E-state index in [4.69, 9.17) is 34.4 Å². The van der Waals surface area contributed by atoms with E-state index < -0.39 is 36.4 Å². The fourth-order valence-electron chi connectivity index (χ4n) is 3.93. The number of H-pyrrole nitrogens is 1. The summed E-state index contributed by atoms with van der Waals surface area (Å²) in [5.41, 5.74) is 4.26. The van der Waals surface area contributed by atoms with Crippen LogP contribution in [0.4, 0.5) is 51.0 Å². The first-order valence-electron chi connectivity index (χ1n) is 13.4. The summed E-state index contributed by atoms with van der Waals surface area (Å²) in [7, 11) is 1.72. The number of nitrogens with zero attached hydrogens (tertiary/aromatic N) is 5. The van der Waals surface area contributed by atoms with Crippen molar-refractivity contribution in [2.24, 2.45) is 0 Å². The van der Waals surface area contributed by atoms with Gasteiger partial charge >= 0.3 is 36.4 Å². The van der Waals surface area contributed by atoms with Crippen LogP contribution >= 0.6 is 0 Å². The third-order valence-electron chi connectivity index (χ3n) is 6.18. The number of carbonyl (C=O) groups is 3. The lowest BCUT2D eigenvalue weighted by atomic mass is 10.1. The van der Waals surface area contributed by atoms with Crippen LogP contribution in [0, 0.1) is 0 Å². The first kappa shape index (κ1) is 40.3. The van der Waals surface area contributed by atoms with Crippen molar-refractivity contribution in [3.63, 3.8) is 0 Å². The molecule has 1 saturated heterocycles. The Morgan fingerprint density at radius 2 is 1.24 bits per heavy atom. The second kappa shape index (κ2) is 17.0. The van der Waals surface area contributed by atoms with E-state index in [1.807, 2.05) is 30.6 Å². The Kier molecular flexibility index (Phi) is 13.7. The van der Waals surface area contributed by atoms with Crippen LogP contribution in [0.25, 0.3) is 22.0 Å². The Bertz CT molecular complexity index is 1670. The highest BCUT2D eigenvalue weighted by Gasteiger charge is 2.39. The SMILES string of the molecule is COc1ccccc1N1CCN(c2ncnc3ccc(-c4cn[nH]c4)cc23)CC1.O=C(O)C(F)(F)F.O=C(O)C(F)(F)F.O=C(O)C(F)(F)F. The monoisotopic (exact) mass is 728 g/mol. The van der Waals surface area contributed by atoms with Gasteiger partial charge in [0.1, 0.15) is 17.9 Å². The molecule has 4 N–H and O–H groups in total. The van der Waals surface area contributed by atoms with Crippen LogP contribution in [0.15, 0.2) is 61.2 Å². The van der Waals surface area contributed by atoms with Crippen molar-refractivity contribution in [2.45, 2.75) is 18.5 Å². The number of anilines is 2. The largest absolute Gasteiger partial charge is 0.495 e. The highest BCUT2D eigenvalue weighted by Crippen LogP contribution is 2.32. The van der Waals surface area contributed by atoms with Gasteiger partial charge in [0.2, 0.25) is 0 Å². The van der Waals surface area contributed by atoms with E-state index in [1.54, 1.807) is 13.4 Å². The van der Waals surface area contributed by atoms with Crippen molar-refractivity contribution in [3.8, 4) is 16.9 Å². The summed E-state index contributed by atoms with van der Waals surface area (Å²) in [4.78, 5) is 40.5. The Morgan fingerprint density at radius 1 is 0.740 bits per heavy atom. The molecule has 0 unspecified atom stereocenters. The van der Waals surface area contributed by atoms with Gasteiger partial charge in [-0.05, 0) is 29.8 Å². The smallest absolute Gasteiger partial charge is 0.490 e. The number of alkyl halides is 9. The maximum Gasteiger partial charge on any atom is 0.490 e. The fraction of sp³-hybridized carbons (Fsp3) is 0.286. The summed E-state index contributed by atoms with van der Waals surface area (Å²) >= 11 is 0. The number of nitrogens with one attached hydrogen (secondary N) is 1. The second-order valence-electron chi connectivity index (χ2n) is 9.47. The van der Waals surface area contributed by atoms with Crippen LogP contribution in [0.2, 0.25) is 0 Å². The predicted molar refractivity (Wildman–Crippen MR) is 156 cm³/mol. The number of piperazine rings is 1. The van der Waals surface area contributed by atoms with Crippen LogP contribution in [0.3, 0.4) is 0 Å². The van der Waals surface area contributed by atoms with Gasteiger partial charge in [0, 0.05) is 43.3 Å². The van der Waals surface area contributed by atoms with Crippen molar-refractivity contribution >= 4 is 40.3 Å². The average Bonchev–Trinajstić information content (AvgIpc) is 3.59. The predicted octanol–water partition coefficient (Wildman–Crippen LogP) is 5.26. The molecule has 0 radical (unpaired) electrons. The highest BCUT2D eigenvalue weighted by atomic mass is 19.4. The van der Waals surface area contributed by atoms with Crippen LogP contribution in [-0.2, 0) is 14.4 Å². The van der Waals surface area contributed by atoms with Crippen molar-refractivity contribution in [1.29, 1.82) is 0 Å². The number of methoxy groups -OCH3 is 1. The van der Waals surface area contributed by atoms with Gasteiger partial charge in [-0.25, -0.2) is 24.4 Å². The number of carboxylic acids is 3. The first-order chi connectivity index (χ1) is 23.2. The number of ether oxygens (including phenoxy) is 1. The average molecular weight is 729 g/mol. The van der Waals surface area contributed by atoms with Gasteiger partial charge in [-0.2, -0.15) is 44.6 Å². The van der Waals surface area contributed by atoms with Crippen LogP contribution < -0.4 is 14.5 Å². The highest BCUT2D eigenvalue weighted by molar-refractivity contribution is 5.93. The number of carboxylic acid groups (broad SMARTS) is 3. The van der Waals surface area contributed by atoms with Gasteiger partial charge in [-0.1, -0.05) is 18.2 Å². The summed E-state index contributed by atoms with van der Waals surface area (Å²) in [6, 6.07) is 14.5. The van der Waals surface area contributed by atoms with E-state index in [0.29, 0.717) is 0 Å². The molecule has 0 amide bonds. The van der Waals surface area contributed by atoms with Crippen LogP contribution in [0.5, 0.6) is 5.75 Å². The Balaban J connectivity index is 0.000000338. The minimum atomic E-state index is -5.08. The number of aliphatic carboxylic acids is 3. The van der Waals surface area contributed by atoms with E-state index in [2.05, 4.69) is 54.2 Å². The van der Waals surface area contributed by atoms with Crippen LogP contribution in [0.1, 0.15) is 0 Å². The van der Waals surface area contributed by atoms with Crippen molar-refractivity contribution in [1.82, 2.24) is 20.2 Å². The molecule has 0 bridgehead atoms. The molecule has 1 aliphatic rings. The molecule has 0 aliphatic carbocycles. The standard InChI is InChI=1S/C22H22N6O.3C2HF3O2/c1-29-21-5-3-2-4-20(21)27-8-10-28(11-9-27)22-18-12-16(17-13-25-26-14-17)6-7-19(18)23-15-24-22;3*3-2(4,5)1(6)7/h2-7,12-15H,8-11H2,1H3,(H,25,26);3*(H,6,7). The van der Waals surface area contributed by atoms with E-state index in [9.17, 15) is 39.5 Å². The van der Waals surface area contributed by atoms with Crippen molar-refractivity contribution in [2.75, 3.05) is 43.1 Å². The molecule has 5 rings (SSSR count). The molecule has 0 saturated carbocycles. The Labute approximate surface area is 274 Å². The summed E-state index contributed by atoms with van der Waals surface area (Å²) in [5.74, 6) is -6.37. The zero-order valence-corrected chi connectivity index (χ0v) is 25.2. The van der Waals surface area contributed by atoms with Gasteiger partial charge in [0.15, 0.2) is 0 Å². The van der Waals surface area contributed by atoms with Crippen molar-refractivity contribution in [3.05, 3.63) is 61.2 Å². The van der Waals surface area contributed by atoms with Gasteiger partial charge in [-0.3, -0.25) is 5.10 Å². The molecule has 13 nitrogen and oxygen atoms in total. The molecule has 2 aromatic carbocycles. The molecule has 0 atom stereocenters. The summed E-state index contributed by atoms with van der Waals surface area (Å²) in [6.45, 7) is 3.60.